The summed E-state index contributed by atoms with van der Waals surface area (Å²) in [5.41, 5.74) is 1.96. The van der Waals surface area contributed by atoms with Gasteiger partial charge in [-0.3, -0.25) is 4.79 Å². The summed E-state index contributed by atoms with van der Waals surface area (Å²) in [4.78, 5) is 11.9. The van der Waals surface area contributed by atoms with Gasteiger partial charge >= 0.3 is 0 Å². The number of nitrogens with one attached hydrogen (secondary N) is 1. The Morgan fingerprint density at radius 2 is 1.90 bits per heavy atom. The molecule has 0 aliphatic heterocycles. The molecule has 0 saturated carbocycles. The highest BCUT2D eigenvalue weighted by molar-refractivity contribution is 6.30. The molecule has 2 aromatic carbocycles. The molecule has 0 atom stereocenters. The van der Waals surface area contributed by atoms with Gasteiger partial charge in [-0.05, 0) is 42.3 Å². The first-order chi connectivity index (χ1) is 10.2. The third-order valence-corrected chi connectivity index (χ3v) is 3.23. The van der Waals surface area contributed by atoms with Gasteiger partial charge in [-0.25, -0.2) is 0 Å². The number of hydrogen-bond acceptors (Lipinski definition) is 2. The largest absolute Gasteiger partial charge is 0.494 e. The van der Waals surface area contributed by atoms with Gasteiger partial charge in [0.1, 0.15) is 5.75 Å². The molecule has 0 fully saturated rings. The number of amides is 1. The van der Waals surface area contributed by atoms with Crippen LogP contribution in [0.4, 0.5) is 0 Å². The normalized spacial score (nSPS) is 10.2. The quantitative estimate of drug-likeness (QED) is 0.885. The molecule has 1 N–H and O–H groups in total. The Labute approximate surface area is 129 Å². The van der Waals surface area contributed by atoms with Crippen LogP contribution in [0.15, 0.2) is 48.5 Å². The fourth-order valence-corrected chi connectivity index (χ4v) is 2.09. The van der Waals surface area contributed by atoms with Crippen molar-refractivity contribution in [3.8, 4) is 5.75 Å². The topological polar surface area (TPSA) is 38.3 Å². The van der Waals surface area contributed by atoms with Crippen molar-refractivity contribution in [1.82, 2.24) is 5.32 Å². The minimum atomic E-state index is -0.0147. The summed E-state index contributed by atoms with van der Waals surface area (Å²) in [6.07, 6.45) is 0.350. The van der Waals surface area contributed by atoms with Gasteiger partial charge in [-0.1, -0.05) is 35.9 Å². The zero-order valence-electron chi connectivity index (χ0n) is 11.9. The molecule has 0 aromatic heterocycles. The van der Waals surface area contributed by atoms with E-state index in [1.54, 1.807) is 12.1 Å². The van der Waals surface area contributed by atoms with Gasteiger partial charge in [0.2, 0.25) is 5.91 Å². The highest BCUT2D eigenvalue weighted by Gasteiger charge is 2.04. The second kappa shape index (κ2) is 7.70. The molecule has 0 unspecified atom stereocenters. The highest BCUT2D eigenvalue weighted by atomic mass is 35.5. The molecule has 0 radical (unpaired) electrons. The molecule has 0 heterocycles. The molecular formula is C17H18ClNO2. The van der Waals surface area contributed by atoms with Crippen molar-refractivity contribution in [2.24, 2.45) is 0 Å². The lowest BCUT2D eigenvalue weighted by Gasteiger charge is -2.08. The second-order valence-corrected chi connectivity index (χ2v) is 5.10. The van der Waals surface area contributed by atoms with E-state index in [0.717, 1.165) is 16.9 Å². The van der Waals surface area contributed by atoms with E-state index in [1.165, 1.54) is 0 Å². The predicted molar refractivity (Wildman–Crippen MR) is 84.6 cm³/mol. The fraction of sp³-hybridized carbons (Fsp3) is 0.235. The fourth-order valence-electron chi connectivity index (χ4n) is 1.96. The lowest BCUT2D eigenvalue weighted by atomic mass is 10.1. The summed E-state index contributed by atoms with van der Waals surface area (Å²) in [6, 6.07) is 15.0. The van der Waals surface area contributed by atoms with Gasteiger partial charge in [0, 0.05) is 11.6 Å². The summed E-state index contributed by atoms with van der Waals surface area (Å²) in [5.74, 6) is 0.807. The Kier molecular flexibility index (Phi) is 5.64. The number of ether oxygens (including phenoxy) is 1. The molecule has 21 heavy (non-hydrogen) atoms. The molecule has 3 nitrogen and oxygen atoms in total. The minimum Gasteiger partial charge on any atom is -0.494 e. The number of rotatable bonds is 6. The lowest BCUT2D eigenvalue weighted by molar-refractivity contribution is -0.120. The van der Waals surface area contributed by atoms with Crippen molar-refractivity contribution in [2.75, 3.05) is 6.61 Å². The summed E-state index contributed by atoms with van der Waals surface area (Å²) in [5, 5.41) is 3.58. The van der Waals surface area contributed by atoms with E-state index in [4.69, 9.17) is 16.3 Å². The SMILES string of the molecule is CCOc1cccc(CNC(=O)Cc2ccc(Cl)cc2)c1. The summed E-state index contributed by atoms with van der Waals surface area (Å²) in [6.45, 7) is 3.07. The lowest BCUT2D eigenvalue weighted by Crippen LogP contribution is -2.24. The van der Waals surface area contributed by atoms with Crippen LogP contribution in [0.1, 0.15) is 18.1 Å². The third-order valence-electron chi connectivity index (χ3n) is 2.98. The van der Waals surface area contributed by atoms with Crippen LogP contribution in [-0.2, 0) is 17.8 Å². The third kappa shape index (κ3) is 5.12. The van der Waals surface area contributed by atoms with Crippen molar-refractivity contribution >= 4 is 17.5 Å². The standard InChI is InChI=1S/C17H18ClNO2/c1-2-21-16-5-3-4-14(10-16)12-19-17(20)11-13-6-8-15(18)9-7-13/h3-10H,2,11-12H2,1H3,(H,19,20). The Bertz CT molecular complexity index is 596. The van der Waals surface area contributed by atoms with Crippen molar-refractivity contribution < 1.29 is 9.53 Å². The number of halogens is 1. The smallest absolute Gasteiger partial charge is 0.224 e. The maximum atomic E-state index is 11.9. The van der Waals surface area contributed by atoms with E-state index in [9.17, 15) is 4.79 Å². The minimum absolute atomic E-state index is 0.0147. The highest BCUT2D eigenvalue weighted by Crippen LogP contribution is 2.13. The molecule has 1 amide bonds. The zero-order chi connectivity index (χ0) is 15.1. The van der Waals surface area contributed by atoms with Crippen LogP contribution < -0.4 is 10.1 Å². The van der Waals surface area contributed by atoms with Crippen LogP contribution >= 0.6 is 11.6 Å². The van der Waals surface area contributed by atoms with E-state index in [-0.39, 0.29) is 5.91 Å². The van der Waals surface area contributed by atoms with E-state index in [1.807, 2.05) is 43.3 Å². The first-order valence-corrected chi connectivity index (χ1v) is 7.28. The van der Waals surface area contributed by atoms with E-state index >= 15 is 0 Å². The van der Waals surface area contributed by atoms with E-state index in [2.05, 4.69) is 5.32 Å². The number of carbonyl (C=O) groups is 1. The van der Waals surface area contributed by atoms with Crippen molar-refractivity contribution in [1.29, 1.82) is 0 Å². The number of hydrogen-bond donors (Lipinski definition) is 1. The van der Waals surface area contributed by atoms with Crippen LogP contribution in [0.3, 0.4) is 0 Å². The van der Waals surface area contributed by atoms with Gasteiger partial charge in [0.25, 0.3) is 0 Å². The summed E-state index contributed by atoms with van der Waals surface area (Å²) >= 11 is 5.82. The first kappa shape index (κ1) is 15.4. The Morgan fingerprint density at radius 1 is 1.14 bits per heavy atom. The monoisotopic (exact) mass is 303 g/mol. The second-order valence-electron chi connectivity index (χ2n) is 4.66. The molecule has 110 valence electrons. The predicted octanol–water partition coefficient (Wildman–Crippen LogP) is 3.60. The molecule has 0 aliphatic carbocycles. The van der Waals surface area contributed by atoms with Crippen molar-refractivity contribution in [3.63, 3.8) is 0 Å². The summed E-state index contributed by atoms with van der Waals surface area (Å²) in [7, 11) is 0. The molecule has 4 heteroatoms. The number of carbonyl (C=O) groups excluding carboxylic acids is 1. The molecule has 2 aromatic rings. The van der Waals surface area contributed by atoms with Crippen LogP contribution in [0.5, 0.6) is 5.75 Å². The zero-order valence-corrected chi connectivity index (χ0v) is 12.7. The van der Waals surface area contributed by atoms with Gasteiger partial charge in [-0.15, -0.1) is 0 Å². The molecular weight excluding hydrogens is 286 g/mol. The van der Waals surface area contributed by atoms with Crippen LogP contribution in [-0.4, -0.2) is 12.5 Å². The maximum Gasteiger partial charge on any atom is 0.224 e. The molecule has 0 aliphatic rings. The van der Waals surface area contributed by atoms with Gasteiger partial charge in [-0.2, -0.15) is 0 Å². The Morgan fingerprint density at radius 3 is 2.62 bits per heavy atom. The molecule has 0 bridgehead atoms. The Hall–Kier alpha value is -2.00. The molecule has 2 rings (SSSR count). The number of benzene rings is 2. The van der Waals surface area contributed by atoms with Gasteiger partial charge < -0.3 is 10.1 Å². The Balaban J connectivity index is 1.86. The van der Waals surface area contributed by atoms with Crippen molar-refractivity contribution in [2.45, 2.75) is 19.9 Å². The first-order valence-electron chi connectivity index (χ1n) is 6.90. The average molecular weight is 304 g/mol. The molecule has 0 saturated heterocycles. The molecule has 0 spiro atoms. The van der Waals surface area contributed by atoms with Crippen LogP contribution in [0, 0.1) is 0 Å². The van der Waals surface area contributed by atoms with E-state index in [0.29, 0.717) is 24.6 Å². The van der Waals surface area contributed by atoms with Crippen LogP contribution in [0.25, 0.3) is 0 Å². The van der Waals surface area contributed by atoms with Gasteiger partial charge in [0.15, 0.2) is 0 Å². The summed E-state index contributed by atoms with van der Waals surface area (Å²) < 4.78 is 5.43. The average Bonchev–Trinajstić information content (AvgIpc) is 2.48. The van der Waals surface area contributed by atoms with Crippen molar-refractivity contribution in [3.05, 3.63) is 64.7 Å². The van der Waals surface area contributed by atoms with Crippen LogP contribution in [0.2, 0.25) is 5.02 Å². The van der Waals surface area contributed by atoms with E-state index < -0.39 is 0 Å². The maximum absolute atomic E-state index is 11.9. The van der Waals surface area contributed by atoms with Gasteiger partial charge in [0.05, 0.1) is 13.0 Å².